The SMILES string of the molecule is Cc1ccc(Nc2nc(N)nc(CN3CCN(C/C=C/c4ccccc4)CC3)n2)cc1C. The van der Waals surface area contributed by atoms with Crippen LogP contribution in [-0.2, 0) is 6.54 Å². The highest BCUT2D eigenvalue weighted by atomic mass is 15.3. The number of hydrogen-bond donors (Lipinski definition) is 2. The average Bonchev–Trinajstić information content (AvgIpc) is 2.78. The van der Waals surface area contributed by atoms with Gasteiger partial charge in [0, 0.05) is 38.4 Å². The zero-order valence-corrected chi connectivity index (χ0v) is 18.8. The molecular weight excluding hydrogens is 398 g/mol. The molecule has 32 heavy (non-hydrogen) atoms. The molecule has 3 aromatic rings. The van der Waals surface area contributed by atoms with Crippen LogP contribution in [0.5, 0.6) is 0 Å². The second kappa shape index (κ2) is 10.3. The largest absolute Gasteiger partial charge is 0.368 e. The molecule has 1 saturated heterocycles. The van der Waals surface area contributed by atoms with Crippen molar-refractivity contribution in [1.29, 1.82) is 0 Å². The van der Waals surface area contributed by atoms with Crippen LogP contribution in [0.25, 0.3) is 6.08 Å². The van der Waals surface area contributed by atoms with Gasteiger partial charge in [0.2, 0.25) is 11.9 Å². The molecule has 7 heteroatoms. The van der Waals surface area contributed by atoms with E-state index in [1.54, 1.807) is 0 Å². The van der Waals surface area contributed by atoms with Gasteiger partial charge in [-0.3, -0.25) is 9.80 Å². The van der Waals surface area contributed by atoms with Crippen LogP contribution in [-0.4, -0.2) is 57.5 Å². The summed E-state index contributed by atoms with van der Waals surface area (Å²) in [5.41, 5.74) is 10.6. The van der Waals surface area contributed by atoms with Crippen molar-refractivity contribution in [3.05, 3.63) is 77.1 Å². The zero-order valence-electron chi connectivity index (χ0n) is 18.8. The van der Waals surface area contributed by atoms with E-state index < -0.39 is 0 Å². The van der Waals surface area contributed by atoms with Gasteiger partial charge in [0.15, 0.2) is 0 Å². The number of nitrogens with zero attached hydrogens (tertiary/aromatic N) is 5. The summed E-state index contributed by atoms with van der Waals surface area (Å²) in [6, 6.07) is 16.6. The van der Waals surface area contributed by atoms with Crippen molar-refractivity contribution < 1.29 is 0 Å². The van der Waals surface area contributed by atoms with E-state index in [2.05, 4.69) is 92.5 Å². The van der Waals surface area contributed by atoms with Gasteiger partial charge in [-0.2, -0.15) is 15.0 Å². The molecule has 0 radical (unpaired) electrons. The molecule has 0 amide bonds. The lowest BCUT2D eigenvalue weighted by atomic mass is 10.1. The molecule has 1 aliphatic heterocycles. The van der Waals surface area contributed by atoms with Gasteiger partial charge < -0.3 is 11.1 Å². The van der Waals surface area contributed by atoms with Crippen LogP contribution in [0.2, 0.25) is 0 Å². The second-order valence-corrected chi connectivity index (χ2v) is 8.25. The normalized spacial score (nSPS) is 15.3. The topological polar surface area (TPSA) is 83.2 Å². The molecule has 166 valence electrons. The Hall–Kier alpha value is -3.29. The van der Waals surface area contributed by atoms with Crippen LogP contribution in [0.1, 0.15) is 22.5 Å². The summed E-state index contributed by atoms with van der Waals surface area (Å²) in [5, 5.41) is 3.26. The van der Waals surface area contributed by atoms with E-state index in [9.17, 15) is 0 Å². The Balaban J connectivity index is 1.30. The van der Waals surface area contributed by atoms with Gasteiger partial charge >= 0.3 is 0 Å². The fraction of sp³-hybridized carbons (Fsp3) is 0.320. The summed E-state index contributed by atoms with van der Waals surface area (Å²) in [5.74, 6) is 1.42. The van der Waals surface area contributed by atoms with Crippen molar-refractivity contribution in [3.8, 4) is 0 Å². The number of aryl methyl sites for hydroxylation is 2. The van der Waals surface area contributed by atoms with Crippen molar-refractivity contribution in [2.24, 2.45) is 0 Å². The van der Waals surface area contributed by atoms with E-state index in [0.29, 0.717) is 18.3 Å². The average molecular weight is 430 g/mol. The summed E-state index contributed by atoms with van der Waals surface area (Å²) >= 11 is 0. The van der Waals surface area contributed by atoms with E-state index in [4.69, 9.17) is 5.73 Å². The predicted molar refractivity (Wildman–Crippen MR) is 131 cm³/mol. The molecule has 4 rings (SSSR count). The molecule has 1 aromatic heterocycles. The summed E-state index contributed by atoms with van der Waals surface area (Å²) in [6.07, 6.45) is 4.42. The lowest BCUT2D eigenvalue weighted by Gasteiger charge is -2.33. The van der Waals surface area contributed by atoms with Gasteiger partial charge in [0.05, 0.1) is 6.54 Å². The molecule has 0 saturated carbocycles. The van der Waals surface area contributed by atoms with E-state index in [0.717, 1.165) is 38.4 Å². The van der Waals surface area contributed by atoms with Gasteiger partial charge in [-0.15, -0.1) is 0 Å². The lowest BCUT2D eigenvalue weighted by molar-refractivity contribution is 0.134. The molecule has 1 fully saturated rings. The predicted octanol–water partition coefficient (Wildman–Crippen LogP) is 3.65. The maximum Gasteiger partial charge on any atom is 0.232 e. The Kier molecular flexibility index (Phi) is 7.09. The van der Waals surface area contributed by atoms with E-state index in [-0.39, 0.29) is 5.95 Å². The highest BCUT2D eigenvalue weighted by Gasteiger charge is 2.17. The minimum Gasteiger partial charge on any atom is -0.368 e. The Morgan fingerprint density at radius 1 is 0.906 bits per heavy atom. The molecule has 0 atom stereocenters. The third-order valence-corrected chi connectivity index (χ3v) is 5.77. The Labute approximate surface area is 190 Å². The Bertz CT molecular complexity index is 1060. The van der Waals surface area contributed by atoms with Gasteiger partial charge in [-0.05, 0) is 42.7 Å². The zero-order chi connectivity index (χ0) is 22.3. The smallest absolute Gasteiger partial charge is 0.232 e. The minimum atomic E-state index is 0.242. The first-order chi connectivity index (χ1) is 15.5. The van der Waals surface area contributed by atoms with Gasteiger partial charge in [0.25, 0.3) is 0 Å². The maximum atomic E-state index is 5.96. The Morgan fingerprint density at radius 3 is 2.41 bits per heavy atom. The monoisotopic (exact) mass is 429 g/mol. The van der Waals surface area contributed by atoms with Crippen LogP contribution in [0.3, 0.4) is 0 Å². The van der Waals surface area contributed by atoms with Crippen LogP contribution in [0.4, 0.5) is 17.6 Å². The Morgan fingerprint density at radius 2 is 1.66 bits per heavy atom. The summed E-state index contributed by atoms with van der Waals surface area (Å²) in [7, 11) is 0. The number of nitrogen functional groups attached to an aromatic ring is 1. The van der Waals surface area contributed by atoms with Crippen LogP contribution in [0, 0.1) is 13.8 Å². The molecule has 7 nitrogen and oxygen atoms in total. The summed E-state index contributed by atoms with van der Waals surface area (Å²) in [6.45, 7) is 9.81. The number of nitrogens with one attached hydrogen (secondary N) is 1. The van der Waals surface area contributed by atoms with Gasteiger partial charge in [0.1, 0.15) is 5.82 Å². The quantitative estimate of drug-likeness (QED) is 0.593. The fourth-order valence-electron chi connectivity index (χ4n) is 3.74. The fourth-order valence-corrected chi connectivity index (χ4v) is 3.74. The van der Waals surface area contributed by atoms with Crippen molar-refractivity contribution in [2.75, 3.05) is 43.8 Å². The van der Waals surface area contributed by atoms with Crippen molar-refractivity contribution in [2.45, 2.75) is 20.4 Å². The second-order valence-electron chi connectivity index (χ2n) is 8.25. The molecule has 3 N–H and O–H groups in total. The molecule has 0 unspecified atom stereocenters. The first kappa shape index (κ1) is 21.9. The van der Waals surface area contributed by atoms with E-state index >= 15 is 0 Å². The van der Waals surface area contributed by atoms with Crippen molar-refractivity contribution in [1.82, 2.24) is 24.8 Å². The van der Waals surface area contributed by atoms with Crippen LogP contribution >= 0.6 is 0 Å². The van der Waals surface area contributed by atoms with Gasteiger partial charge in [-0.1, -0.05) is 48.6 Å². The molecule has 2 aromatic carbocycles. The lowest BCUT2D eigenvalue weighted by Crippen LogP contribution is -2.46. The first-order valence-corrected chi connectivity index (χ1v) is 11.1. The van der Waals surface area contributed by atoms with E-state index in [1.165, 1.54) is 16.7 Å². The first-order valence-electron chi connectivity index (χ1n) is 11.1. The molecular formula is C25H31N7. The number of benzene rings is 2. The molecule has 1 aliphatic rings. The minimum absolute atomic E-state index is 0.242. The number of rotatable bonds is 7. The molecule has 0 spiro atoms. The van der Waals surface area contributed by atoms with Crippen LogP contribution in [0.15, 0.2) is 54.6 Å². The summed E-state index contributed by atoms with van der Waals surface area (Å²) < 4.78 is 0. The van der Waals surface area contributed by atoms with E-state index in [1.807, 2.05) is 12.1 Å². The number of aromatic nitrogens is 3. The maximum absolute atomic E-state index is 5.96. The van der Waals surface area contributed by atoms with Crippen molar-refractivity contribution >= 4 is 23.7 Å². The molecule has 0 bridgehead atoms. The third-order valence-electron chi connectivity index (χ3n) is 5.77. The standard InChI is InChI=1S/C25H31N7/c1-19-10-11-22(17-20(19)2)27-25-29-23(28-24(26)30-25)18-32-15-13-31(14-16-32)12-6-9-21-7-4-3-5-8-21/h3-11,17H,12-16,18H2,1-2H3,(H3,26,27,28,29,30)/b9-6+. The highest BCUT2D eigenvalue weighted by Crippen LogP contribution is 2.18. The number of hydrogen-bond acceptors (Lipinski definition) is 7. The number of nitrogens with two attached hydrogens (primary N) is 1. The van der Waals surface area contributed by atoms with Gasteiger partial charge in [-0.25, -0.2) is 0 Å². The molecule has 2 heterocycles. The summed E-state index contributed by atoms with van der Waals surface area (Å²) in [4.78, 5) is 18.0. The van der Waals surface area contributed by atoms with Crippen LogP contribution < -0.4 is 11.1 Å². The van der Waals surface area contributed by atoms with Crippen molar-refractivity contribution in [3.63, 3.8) is 0 Å². The third kappa shape index (κ3) is 6.12. The number of piperazine rings is 1. The number of anilines is 3. The molecule has 0 aliphatic carbocycles. The highest BCUT2D eigenvalue weighted by molar-refractivity contribution is 5.56.